The number of phenols is 1. The number of nitrogens with zero attached hydrogens (tertiary/aromatic N) is 5. The highest BCUT2D eigenvalue weighted by Gasteiger charge is 2.67. The van der Waals surface area contributed by atoms with Crippen molar-refractivity contribution in [1.82, 2.24) is 0 Å². The maximum atomic E-state index is 14.8. The zero-order valence-electron chi connectivity index (χ0n) is 31.8. The molecule has 6 atom stereocenters. The summed E-state index contributed by atoms with van der Waals surface area (Å²) in [7, 11) is 6.68. The Hall–Kier alpha value is -6.08. The first-order valence-electron chi connectivity index (χ1n) is 18.4. The van der Waals surface area contributed by atoms with Gasteiger partial charge in [-0.2, -0.15) is 10.2 Å². The smallest absolute Gasteiger partial charge is 0.241 e. The first-order chi connectivity index (χ1) is 27.3. The second kappa shape index (κ2) is 14.1. The van der Waals surface area contributed by atoms with Gasteiger partial charge < -0.3 is 19.5 Å². The van der Waals surface area contributed by atoms with Crippen LogP contribution in [0.2, 0.25) is 5.02 Å². The molecule has 2 aliphatic heterocycles. The Morgan fingerprint density at radius 1 is 0.807 bits per heavy atom. The second-order valence-electron chi connectivity index (χ2n) is 15.2. The first-order valence-corrected chi connectivity index (χ1v) is 18.8. The maximum absolute atomic E-state index is 14.8. The molecule has 2 saturated heterocycles. The number of azo groups is 1. The summed E-state index contributed by atoms with van der Waals surface area (Å²) in [5.41, 5.74) is 2.54. The van der Waals surface area contributed by atoms with Gasteiger partial charge in [0.2, 0.25) is 29.4 Å². The molecule has 3 fully saturated rings. The molecule has 4 aromatic carbocycles. The van der Waals surface area contributed by atoms with E-state index in [9.17, 15) is 28.7 Å². The van der Waals surface area contributed by atoms with Gasteiger partial charge in [-0.15, -0.1) is 0 Å². The van der Waals surface area contributed by atoms with Crippen LogP contribution in [0, 0.1) is 34.9 Å². The topological polar surface area (TPSA) is 141 Å². The van der Waals surface area contributed by atoms with Crippen LogP contribution >= 0.6 is 11.6 Å². The lowest BCUT2D eigenvalue weighted by atomic mass is 9.51. The molecule has 292 valence electrons. The second-order valence-corrected chi connectivity index (χ2v) is 15.6. The standard InChI is InChI=1S/C43H39ClFN5O7/c1-43-31(40(53)50(42(43)55)27-14-17-33(45)32(44)20-27)21-30-28(37(43)22-18-34(56-4)38(51)35(19-22)57-5)15-16-29-36(30)41(54)49(39(29)52)26-12-8-24(9-13-26)47-46-23-6-10-25(11-7-23)48(2)3/h6-15,17-20,29-31,36-37,51H,16,21H2,1-5H3. The van der Waals surface area contributed by atoms with Crippen LogP contribution in [0.5, 0.6) is 17.2 Å². The largest absolute Gasteiger partial charge is 0.502 e. The van der Waals surface area contributed by atoms with Crippen molar-refractivity contribution in [2.75, 3.05) is 43.0 Å². The Bertz CT molecular complexity index is 2380. The van der Waals surface area contributed by atoms with Gasteiger partial charge in [0, 0.05) is 25.7 Å². The van der Waals surface area contributed by atoms with Crippen molar-refractivity contribution in [2.24, 2.45) is 39.3 Å². The van der Waals surface area contributed by atoms with Crippen LogP contribution < -0.4 is 24.2 Å². The van der Waals surface area contributed by atoms with E-state index in [4.69, 9.17) is 21.1 Å². The number of methoxy groups -OCH3 is 2. The van der Waals surface area contributed by atoms with E-state index in [-0.39, 0.29) is 46.7 Å². The zero-order chi connectivity index (χ0) is 40.5. The molecule has 2 heterocycles. The third-order valence-corrected chi connectivity index (χ3v) is 12.3. The predicted molar refractivity (Wildman–Crippen MR) is 211 cm³/mol. The molecule has 1 saturated carbocycles. The van der Waals surface area contributed by atoms with Gasteiger partial charge in [-0.05, 0) is 110 Å². The zero-order valence-corrected chi connectivity index (χ0v) is 32.5. The van der Waals surface area contributed by atoms with Crippen molar-refractivity contribution < 1.29 is 38.1 Å². The number of rotatable bonds is 8. The fraction of sp³-hybridized carbons (Fsp3) is 0.302. The van der Waals surface area contributed by atoms with E-state index in [0.29, 0.717) is 22.6 Å². The van der Waals surface area contributed by atoms with Crippen molar-refractivity contribution in [3.63, 3.8) is 0 Å². The van der Waals surface area contributed by atoms with Crippen molar-refractivity contribution in [3.8, 4) is 17.2 Å². The molecule has 8 rings (SSSR count). The summed E-state index contributed by atoms with van der Waals surface area (Å²) in [6, 6.07) is 21.1. The molecule has 4 aromatic rings. The summed E-state index contributed by atoms with van der Waals surface area (Å²) in [4.78, 5) is 62.3. The van der Waals surface area contributed by atoms with Crippen LogP contribution in [0.4, 0.5) is 32.8 Å². The Balaban J connectivity index is 1.16. The number of fused-ring (bicyclic) bond motifs is 4. The number of benzene rings is 4. The predicted octanol–water partition coefficient (Wildman–Crippen LogP) is 8.12. The van der Waals surface area contributed by atoms with E-state index in [2.05, 4.69) is 10.2 Å². The molecule has 0 spiro atoms. The molecule has 2 aliphatic carbocycles. The summed E-state index contributed by atoms with van der Waals surface area (Å²) in [5, 5.41) is 19.2. The molecule has 4 aliphatic rings. The van der Waals surface area contributed by atoms with Gasteiger partial charge in [0.1, 0.15) is 5.82 Å². The Kier molecular flexibility index (Phi) is 9.38. The highest BCUT2D eigenvalue weighted by Crippen LogP contribution is 2.64. The highest BCUT2D eigenvalue weighted by atomic mass is 35.5. The van der Waals surface area contributed by atoms with E-state index in [0.717, 1.165) is 22.2 Å². The number of hydrogen-bond donors (Lipinski definition) is 1. The summed E-state index contributed by atoms with van der Waals surface area (Å²) in [5.74, 6) is -6.51. The van der Waals surface area contributed by atoms with Crippen molar-refractivity contribution in [3.05, 3.63) is 107 Å². The van der Waals surface area contributed by atoms with Crippen LogP contribution in [0.15, 0.2) is 101 Å². The Labute approximate surface area is 333 Å². The molecule has 14 heteroatoms. The number of hydrogen-bond acceptors (Lipinski definition) is 10. The van der Waals surface area contributed by atoms with Gasteiger partial charge in [-0.3, -0.25) is 24.1 Å². The van der Waals surface area contributed by atoms with E-state index < -0.39 is 58.5 Å². The van der Waals surface area contributed by atoms with E-state index in [1.54, 1.807) is 43.3 Å². The third kappa shape index (κ3) is 5.94. The third-order valence-electron chi connectivity index (χ3n) is 12.0. The minimum Gasteiger partial charge on any atom is -0.502 e. The number of phenolic OH excluding ortho intramolecular Hbond substituents is 1. The number of imide groups is 2. The molecule has 4 amide bonds. The summed E-state index contributed by atoms with van der Waals surface area (Å²) >= 11 is 6.13. The van der Waals surface area contributed by atoms with Crippen LogP contribution in [-0.4, -0.2) is 57.1 Å². The molecular formula is C43H39ClFN5O7. The lowest BCUT2D eigenvalue weighted by Crippen LogP contribution is -2.48. The summed E-state index contributed by atoms with van der Waals surface area (Å²) in [6.45, 7) is 1.72. The molecule has 0 aromatic heterocycles. The minimum atomic E-state index is -1.41. The number of aromatic hydroxyl groups is 1. The minimum absolute atomic E-state index is 0.0864. The fourth-order valence-corrected chi connectivity index (χ4v) is 9.38. The number of carbonyl (C=O) groups excluding carboxylic acids is 4. The van der Waals surface area contributed by atoms with Crippen molar-refractivity contribution >= 4 is 63.7 Å². The normalized spacial score (nSPS) is 25.4. The molecular weight excluding hydrogens is 753 g/mol. The SMILES string of the molecule is COc1cc(C2C3=CCC4C(=O)N(c5ccc(N=Nc6ccc(N(C)C)cc6)cc5)C(=O)C4C3CC3C(=O)N(c4ccc(F)c(Cl)c4)C(=O)C32C)cc(OC)c1O. The lowest BCUT2D eigenvalue weighted by Gasteiger charge is -2.49. The number of halogens is 2. The number of carbonyl (C=O) groups is 4. The molecule has 0 radical (unpaired) electrons. The lowest BCUT2D eigenvalue weighted by molar-refractivity contribution is -0.131. The number of allylic oxidation sites excluding steroid dienone is 2. The fourth-order valence-electron chi connectivity index (χ4n) is 9.20. The molecule has 1 N–H and O–H groups in total. The molecule has 57 heavy (non-hydrogen) atoms. The van der Waals surface area contributed by atoms with E-state index in [1.807, 2.05) is 49.3 Å². The van der Waals surface area contributed by atoms with Crippen LogP contribution in [0.3, 0.4) is 0 Å². The quantitative estimate of drug-likeness (QED) is 0.107. The molecule has 0 bridgehead atoms. The number of ether oxygens (including phenoxy) is 2. The Morgan fingerprint density at radius 2 is 1.40 bits per heavy atom. The summed E-state index contributed by atoms with van der Waals surface area (Å²) < 4.78 is 25.3. The van der Waals surface area contributed by atoms with Gasteiger partial charge in [0.25, 0.3) is 0 Å². The van der Waals surface area contributed by atoms with E-state index in [1.165, 1.54) is 31.3 Å². The van der Waals surface area contributed by atoms with Gasteiger partial charge in [-0.1, -0.05) is 23.3 Å². The first kappa shape index (κ1) is 37.8. The van der Waals surface area contributed by atoms with Gasteiger partial charge >= 0.3 is 0 Å². The number of amides is 4. The van der Waals surface area contributed by atoms with E-state index >= 15 is 0 Å². The van der Waals surface area contributed by atoms with Gasteiger partial charge in [0.05, 0.1) is 65.2 Å². The van der Waals surface area contributed by atoms with Crippen LogP contribution in [0.25, 0.3) is 0 Å². The summed E-state index contributed by atoms with van der Waals surface area (Å²) in [6.07, 6.45) is 2.24. The monoisotopic (exact) mass is 791 g/mol. The van der Waals surface area contributed by atoms with Gasteiger partial charge in [0.15, 0.2) is 11.5 Å². The average molecular weight is 792 g/mol. The highest BCUT2D eigenvalue weighted by molar-refractivity contribution is 6.32. The molecule has 6 unspecified atom stereocenters. The Morgan fingerprint density at radius 3 is 1.98 bits per heavy atom. The van der Waals surface area contributed by atoms with Crippen molar-refractivity contribution in [1.29, 1.82) is 0 Å². The van der Waals surface area contributed by atoms with Crippen LogP contribution in [0.1, 0.15) is 31.2 Å². The molecule has 12 nitrogen and oxygen atoms in total. The number of anilines is 3. The van der Waals surface area contributed by atoms with Crippen molar-refractivity contribution in [2.45, 2.75) is 25.7 Å². The maximum Gasteiger partial charge on any atom is 0.241 e. The van der Waals surface area contributed by atoms with Gasteiger partial charge in [-0.25, -0.2) is 9.29 Å². The average Bonchev–Trinajstić information content (AvgIpc) is 3.57. The van der Waals surface area contributed by atoms with Crippen LogP contribution in [-0.2, 0) is 19.2 Å².